The van der Waals surface area contributed by atoms with Gasteiger partial charge in [-0.05, 0) is 61.2 Å². The third kappa shape index (κ3) is 15.4. The summed E-state index contributed by atoms with van der Waals surface area (Å²) in [5.74, 6) is -0.162. The van der Waals surface area contributed by atoms with Crippen LogP contribution in [0.25, 0.3) is 0 Å². The maximum Gasteiger partial charge on any atom is 0.326 e. The van der Waals surface area contributed by atoms with Gasteiger partial charge in [0.2, 0.25) is 0 Å². The highest BCUT2D eigenvalue weighted by Gasteiger charge is 2.37. The van der Waals surface area contributed by atoms with E-state index in [-0.39, 0.29) is 22.2 Å². The van der Waals surface area contributed by atoms with Gasteiger partial charge in [0.05, 0.1) is 6.61 Å². The summed E-state index contributed by atoms with van der Waals surface area (Å²) in [4.78, 5) is 12.1. The maximum atomic E-state index is 12.1. The molecule has 1 aromatic rings. The number of esters is 1. The molecule has 2 atom stereocenters. The normalized spacial score (nSPS) is 14.5. The predicted octanol–water partition coefficient (Wildman–Crippen LogP) is 8.06. The molecule has 4 nitrogen and oxygen atoms in total. The highest BCUT2D eigenvalue weighted by molar-refractivity contribution is 5.80. The third-order valence-electron chi connectivity index (χ3n) is 5.63. The van der Waals surface area contributed by atoms with Crippen LogP contribution in [-0.2, 0) is 14.9 Å². The van der Waals surface area contributed by atoms with Crippen molar-refractivity contribution in [2.24, 2.45) is 10.8 Å². The van der Waals surface area contributed by atoms with Gasteiger partial charge in [-0.15, -0.1) is 0 Å². The van der Waals surface area contributed by atoms with Crippen molar-refractivity contribution < 1.29 is 9.53 Å². The van der Waals surface area contributed by atoms with Gasteiger partial charge >= 0.3 is 5.97 Å². The number of hydrogen-bond donors (Lipinski definition) is 2. The largest absolute Gasteiger partial charge is 0.464 e. The zero-order valence-electron chi connectivity index (χ0n) is 26.0. The van der Waals surface area contributed by atoms with E-state index < -0.39 is 5.54 Å². The van der Waals surface area contributed by atoms with Crippen LogP contribution in [-0.4, -0.2) is 32.2 Å². The van der Waals surface area contributed by atoms with Gasteiger partial charge < -0.3 is 15.4 Å². The fourth-order valence-corrected chi connectivity index (χ4v) is 3.75. The van der Waals surface area contributed by atoms with Gasteiger partial charge in [0.15, 0.2) is 0 Å². The van der Waals surface area contributed by atoms with Crippen LogP contribution < -0.4 is 10.6 Å². The number of likely N-dealkylation sites (N-methyl/N-ethyl adjacent to an activating group) is 1. The molecule has 0 aliphatic carbocycles. The fourth-order valence-electron chi connectivity index (χ4n) is 3.75. The van der Waals surface area contributed by atoms with E-state index in [2.05, 4.69) is 104 Å². The molecule has 0 aliphatic rings. The van der Waals surface area contributed by atoms with Crippen LogP contribution in [0, 0.1) is 10.8 Å². The van der Waals surface area contributed by atoms with Crippen LogP contribution in [0.3, 0.4) is 0 Å². The molecule has 4 heteroatoms. The van der Waals surface area contributed by atoms with Crippen LogP contribution in [0.15, 0.2) is 24.3 Å². The lowest BCUT2D eigenvalue weighted by Gasteiger charge is -2.34. The molecular weight excluding hydrogens is 432 g/mol. The van der Waals surface area contributed by atoms with Crippen molar-refractivity contribution in [3.63, 3.8) is 0 Å². The Bertz CT molecular complexity index is 691. The minimum absolute atomic E-state index is 0.00600. The highest BCUT2D eigenvalue weighted by atomic mass is 16.5. The molecule has 1 rings (SSSR count). The number of benzene rings is 1. The predicted molar refractivity (Wildman–Crippen MR) is 155 cm³/mol. The molecule has 0 radical (unpaired) electrons. The Hall–Kier alpha value is -1.39. The van der Waals surface area contributed by atoms with Crippen molar-refractivity contribution in [1.82, 2.24) is 10.6 Å². The van der Waals surface area contributed by atoms with Gasteiger partial charge in [0.1, 0.15) is 5.54 Å². The first-order valence-electron chi connectivity index (χ1n) is 13.5. The van der Waals surface area contributed by atoms with Gasteiger partial charge in [-0.3, -0.25) is 4.79 Å². The van der Waals surface area contributed by atoms with E-state index in [1.807, 2.05) is 34.9 Å². The summed E-state index contributed by atoms with van der Waals surface area (Å²) in [6, 6.07) is 9.54. The molecular formula is C31H60N2O2. The van der Waals surface area contributed by atoms with Crippen molar-refractivity contribution in [2.45, 2.75) is 126 Å². The first-order chi connectivity index (χ1) is 15.9. The molecule has 0 amide bonds. The number of hydrogen-bond acceptors (Lipinski definition) is 4. The Morgan fingerprint density at radius 2 is 1.34 bits per heavy atom. The Balaban J connectivity index is 0. The summed E-state index contributed by atoms with van der Waals surface area (Å²) >= 11 is 0. The standard InChI is InChI=1S/C15H25N.C14H29NO2.C2H6/c1-6-7-14(16-5)12-8-10-13(11-9-12)15(2,3)4;1-12(2,3)9-14(7,15-8)11(16)17-10-13(4,5)6;1-2/h8-11,14,16H,6-7H2,1-5H3;15H,9-10H2,1-8H3;1-2H3. The Morgan fingerprint density at radius 1 is 0.857 bits per heavy atom. The molecule has 0 saturated heterocycles. The lowest BCUT2D eigenvalue weighted by molar-refractivity contribution is -0.155. The summed E-state index contributed by atoms with van der Waals surface area (Å²) in [5.41, 5.74) is 2.53. The molecule has 0 fully saturated rings. The first-order valence-corrected chi connectivity index (χ1v) is 13.5. The van der Waals surface area contributed by atoms with Gasteiger partial charge in [-0.2, -0.15) is 0 Å². The molecule has 0 spiro atoms. The van der Waals surface area contributed by atoms with Crippen molar-refractivity contribution in [2.75, 3.05) is 20.7 Å². The minimum Gasteiger partial charge on any atom is -0.464 e. The Morgan fingerprint density at radius 3 is 1.66 bits per heavy atom. The number of ether oxygens (including phenoxy) is 1. The number of carbonyl (C=O) groups excluding carboxylic acids is 1. The van der Waals surface area contributed by atoms with Crippen molar-refractivity contribution in [3.05, 3.63) is 35.4 Å². The summed E-state index contributed by atoms with van der Waals surface area (Å²) in [6.45, 7) is 27.9. The van der Waals surface area contributed by atoms with E-state index in [0.717, 1.165) is 6.42 Å². The molecule has 0 bridgehead atoms. The quantitative estimate of drug-likeness (QED) is 0.360. The third-order valence-corrected chi connectivity index (χ3v) is 5.63. The molecule has 0 aromatic heterocycles. The number of rotatable bonds is 8. The monoisotopic (exact) mass is 492 g/mol. The highest BCUT2D eigenvalue weighted by Crippen LogP contribution is 2.28. The molecule has 2 unspecified atom stereocenters. The van der Waals surface area contributed by atoms with E-state index in [1.165, 1.54) is 24.0 Å². The maximum absolute atomic E-state index is 12.1. The summed E-state index contributed by atoms with van der Waals surface area (Å²) in [5, 5.41) is 6.47. The SMILES string of the molecule is CC.CCCC(NC)c1ccc(C(C)(C)C)cc1.CNC(C)(CC(C)(C)C)C(=O)OCC(C)(C)C. The summed E-state index contributed by atoms with van der Waals surface area (Å²) in [6.07, 6.45) is 3.16. The van der Waals surface area contributed by atoms with E-state index in [9.17, 15) is 4.79 Å². The molecule has 0 saturated carbocycles. The lowest BCUT2D eigenvalue weighted by Crippen LogP contribution is -2.51. The van der Waals surface area contributed by atoms with Crippen molar-refractivity contribution in [3.8, 4) is 0 Å². The van der Waals surface area contributed by atoms with Crippen LogP contribution in [0.2, 0.25) is 0 Å². The summed E-state index contributed by atoms with van der Waals surface area (Å²) in [7, 11) is 3.85. The fraction of sp³-hybridized carbons (Fsp3) is 0.774. The van der Waals surface area contributed by atoms with Gasteiger partial charge in [-0.1, -0.05) is 114 Å². The van der Waals surface area contributed by atoms with Crippen molar-refractivity contribution in [1.29, 1.82) is 0 Å². The summed E-state index contributed by atoms with van der Waals surface area (Å²) < 4.78 is 5.41. The topological polar surface area (TPSA) is 50.4 Å². The van der Waals surface area contributed by atoms with Gasteiger partial charge in [0, 0.05) is 6.04 Å². The lowest BCUT2D eigenvalue weighted by atomic mass is 9.81. The second kappa shape index (κ2) is 15.7. The van der Waals surface area contributed by atoms with Crippen LogP contribution in [0.4, 0.5) is 0 Å². The van der Waals surface area contributed by atoms with E-state index in [1.54, 1.807) is 0 Å². The van der Waals surface area contributed by atoms with E-state index in [0.29, 0.717) is 12.6 Å². The molecule has 0 aliphatic heterocycles. The zero-order chi connectivity index (χ0) is 28.1. The number of nitrogens with one attached hydrogen (secondary N) is 2. The van der Waals surface area contributed by atoms with Gasteiger partial charge in [-0.25, -0.2) is 0 Å². The Labute approximate surface area is 219 Å². The smallest absolute Gasteiger partial charge is 0.326 e. The average Bonchev–Trinajstić information content (AvgIpc) is 2.75. The first kappa shape index (κ1) is 35.8. The van der Waals surface area contributed by atoms with E-state index >= 15 is 0 Å². The zero-order valence-corrected chi connectivity index (χ0v) is 26.0. The Kier molecular flexibility index (Phi) is 16.0. The average molecular weight is 493 g/mol. The van der Waals surface area contributed by atoms with Crippen molar-refractivity contribution >= 4 is 5.97 Å². The second-order valence-electron chi connectivity index (χ2n) is 13.0. The minimum atomic E-state index is -0.608. The van der Waals surface area contributed by atoms with Crippen LogP contribution >= 0.6 is 0 Å². The van der Waals surface area contributed by atoms with Crippen LogP contribution in [0.1, 0.15) is 126 Å². The number of carbonyl (C=O) groups is 1. The van der Waals surface area contributed by atoms with Gasteiger partial charge in [0.25, 0.3) is 0 Å². The van der Waals surface area contributed by atoms with Crippen LogP contribution in [0.5, 0.6) is 0 Å². The van der Waals surface area contributed by atoms with E-state index in [4.69, 9.17) is 4.74 Å². The second-order valence-corrected chi connectivity index (χ2v) is 13.0. The molecule has 0 heterocycles. The molecule has 206 valence electrons. The molecule has 35 heavy (non-hydrogen) atoms. The molecule has 1 aromatic carbocycles. The molecule has 2 N–H and O–H groups in total.